The van der Waals surface area contributed by atoms with Gasteiger partial charge < -0.3 is 25.0 Å². The van der Waals surface area contributed by atoms with E-state index >= 15 is 0 Å². The number of hydrogen-bond acceptors (Lipinski definition) is 10. The standard InChI is InChI=1S/C20H29N7O3S/c1-13-12-29-10-9-27(13)18-23-15(14-11-22-17(21)31-14)24-19(25-18)30-20(16(28)26(2)3)7-5-4-6-8-20/h11,13H,4-10,12H2,1-3H3,(H2,21,22)/t13-/m0/s1. The fourth-order valence-corrected chi connectivity index (χ4v) is 4.73. The summed E-state index contributed by atoms with van der Waals surface area (Å²) in [7, 11) is 3.50. The Morgan fingerprint density at radius 3 is 2.71 bits per heavy atom. The zero-order chi connectivity index (χ0) is 22.0. The molecular formula is C20H29N7O3S. The van der Waals surface area contributed by atoms with E-state index in [9.17, 15) is 4.79 Å². The number of thiazole rings is 1. The molecule has 1 aliphatic carbocycles. The second-order valence-electron chi connectivity index (χ2n) is 8.28. The number of anilines is 2. The Hall–Kier alpha value is -2.53. The maximum Gasteiger partial charge on any atom is 0.322 e. The highest BCUT2D eigenvalue weighted by atomic mass is 32.1. The van der Waals surface area contributed by atoms with Gasteiger partial charge in [-0.25, -0.2) is 4.98 Å². The lowest BCUT2D eigenvalue weighted by Crippen LogP contribution is -2.52. The topological polar surface area (TPSA) is 120 Å². The average Bonchev–Trinajstić information content (AvgIpc) is 3.20. The number of nitrogens with zero attached hydrogens (tertiary/aromatic N) is 6. The molecule has 31 heavy (non-hydrogen) atoms. The number of rotatable bonds is 5. The first-order valence-electron chi connectivity index (χ1n) is 10.6. The molecule has 0 bridgehead atoms. The highest BCUT2D eigenvalue weighted by Gasteiger charge is 2.44. The van der Waals surface area contributed by atoms with Gasteiger partial charge in [0.15, 0.2) is 16.6 Å². The molecule has 3 heterocycles. The van der Waals surface area contributed by atoms with Crippen molar-refractivity contribution in [2.45, 2.75) is 50.7 Å². The molecule has 2 aromatic heterocycles. The lowest BCUT2D eigenvalue weighted by atomic mass is 9.83. The third kappa shape index (κ3) is 4.57. The minimum atomic E-state index is -0.957. The van der Waals surface area contributed by atoms with Crippen LogP contribution >= 0.6 is 11.3 Å². The van der Waals surface area contributed by atoms with Crippen molar-refractivity contribution in [1.82, 2.24) is 24.8 Å². The van der Waals surface area contributed by atoms with Gasteiger partial charge >= 0.3 is 6.01 Å². The van der Waals surface area contributed by atoms with Crippen molar-refractivity contribution in [3.05, 3.63) is 6.20 Å². The molecule has 1 saturated heterocycles. The third-order valence-corrected chi connectivity index (χ3v) is 6.54. The van der Waals surface area contributed by atoms with Crippen LogP contribution < -0.4 is 15.4 Å². The second-order valence-corrected chi connectivity index (χ2v) is 9.34. The van der Waals surface area contributed by atoms with Crippen LogP contribution in [0.4, 0.5) is 11.1 Å². The molecule has 1 amide bonds. The quantitative estimate of drug-likeness (QED) is 0.733. The van der Waals surface area contributed by atoms with E-state index < -0.39 is 5.60 Å². The van der Waals surface area contributed by atoms with Crippen molar-refractivity contribution >= 4 is 28.3 Å². The maximum atomic E-state index is 13.1. The van der Waals surface area contributed by atoms with Gasteiger partial charge in [0.2, 0.25) is 5.95 Å². The Balaban J connectivity index is 1.74. The van der Waals surface area contributed by atoms with Crippen molar-refractivity contribution in [3.8, 4) is 16.7 Å². The van der Waals surface area contributed by atoms with Crippen LogP contribution in [0.2, 0.25) is 0 Å². The largest absolute Gasteiger partial charge is 0.447 e. The predicted molar refractivity (Wildman–Crippen MR) is 118 cm³/mol. The number of likely N-dealkylation sites (N-methyl/N-ethyl adjacent to an activating group) is 1. The van der Waals surface area contributed by atoms with Gasteiger partial charge in [0.1, 0.15) is 0 Å². The highest BCUT2D eigenvalue weighted by Crippen LogP contribution is 2.35. The smallest absolute Gasteiger partial charge is 0.322 e. The van der Waals surface area contributed by atoms with Crippen molar-refractivity contribution in [2.24, 2.45) is 0 Å². The summed E-state index contributed by atoms with van der Waals surface area (Å²) in [5.74, 6) is 0.889. The van der Waals surface area contributed by atoms with Crippen LogP contribution in [0.1, 0.15) is 39.0 Å². The Kier molecular flexibility index (Phi) is 6.24. The van der Waals surface area contributed by atoms with Crippen molar-refractivity contribution in [1.29, 1.82) is 0 Å². The molecule has 0 unspecified atom stereocenters. The molecule has 0 aromatic carbocycles. The first-order chi connectivity index (χ1) is 14.9. The lowest BCUT2D eigenvalue weighted by molar-refractivity contribution is -0.149. The zero-order valence-electron chi connectivity index (χ0n) is 18.2. The van der Waals surface area contributed by atoms with E-state index in [1.807, 2.05) is 0 Å². The van der Waals surface area contributed by atoms with Gasteiger partial charge in [-0.3, -0.25) is 4.79 Å². The van der Waals surface area contributed by atoms with Crippen molar-refractivity contribution in [2.75, 3.05) is 44.5 Å². The Labute approximate surface area is 185 Å². The van der Waals surface area contributed by atoms with Gasteiger partial charge in [-0.1, -0.05) is 17.8 Å². The molecule has 1 atom stereocenters. The van der Waals surface area contributed by atoms with E-state index in [-0.39, 0.29) is 18.0 Å². The minimum Gasteiger partial charge on any atom is -0.447 e. The molecule has 10 nitrogen and oxygen atoms in total. The number of hydrogen-bond donors (Lipinski definition) is 1. The Morgan fingerprint density at radius 2 is 2.06 bits per heavy atom. The van der Waals surface area contributed by atoms with Crippen LogP contribution in [0.3, 0.4) is 0 Å². The van der Waals surface area contributed by atoms with Crippen LogP contribution in [0.25, 0.3) is 10.7 Å². The summed E-state index contributed by atoms with van der Waals surface area (Å²) < 4.78 is 11.9. The van der Waals surface area contributed by atoms with E-state index in [1.165, 1.54) is 11.3 Å². The number of nitrogen functional groups attached to an aromatic ring is 1. The molecular weight excluding hydrogens is 418 g/mol. The van der Waals surface area contributed by atoms with Gasteiger partial charge in [0.25, 0.3) is 5.91 Å². The minimum absolute atomic E-state index is 0.0579. The van der Waals surface area contributed by atoms with Crippen LogP contribution in [-0.2, 0) is 9.53 Å². The SMILES string of the molecule is C[C@H]1COCCN1c1nc(OC2(C(=O)N(C)C)CCCCC2)nc(-c2cnc(N)s2)n1. The summed E-state index contributed by atoms with van der Waals surface area (Å²) in [6.45, 7) is 3.91. The van der Waals surface area contributed by atoms with Crippen molar-refractivity contribution in [3.63, 3.8) is 0 Å². The Bertz CT molecular complexity index is 929. The predicted octanol–water partition coefficient (Wildman–Crippen LogP) is 1.97. The van der Waals surface area contributed by atoms with Gasteiger partial charge in [-0.15, -0.1) is 0 Å². The normalized spacial score (nSPS) is 21.0. The zero-order valence-corrected chi connectivity index (χ0v) is 19.0. The molecule has 2 aliphatic rings. The molecule has 2 N–H and O–H groups in total. The van der Waals surface area contributed by atoms with E-state index in [0.29, 0.717) is 49.5 Å². The lowest BCUT2D eigenvalue weighted by Gasteiger charge is -2.37. The van der Waals surface area contributed by atoms with Crippen LogP contribution in [-0.4, -0.2) is 76.2 Å². The maximum absolute atomic E-state index is 13.1. The van der Waals surface area contributed by atoms with E-state index in [2.05, 4.69) is 31.8 Å². The molecule has 11 heteroatoms. The average molecular weight is 448 g/mol. The molecule has 2 aromatic rings. The van der Waals surface area contributed by atoms with E-state index in [1.54, 1.807) is 25.2 Å². The second kappa shape index (κ2) is 8.91. The monoisotopic (exact) mass is 447 g/mol. The van der Waals surface area contributed by atoms with Crippen molar-refractivity contribution < 1.29 is 14.3 Å². The van der Waals surface area contributed by atoms with Crippen LogP contribution in [0.5, 0.6) is 6.01 Å². The summed E-state index contributed by atoms with van der Waals surface area (Å²) >= 11 is 1.30. The number of morpholine rings is 1. The molecule has 4 rings (SSSR count). The highest BCUT2D eigenvalue weighted by molar-refractivity contribution is 7.18. The molecule has 0 radical (unpaired) electrons. The number of amides is 1. The number of carbonyl (C=O) groups is 1. The van der Waals surface area contributed by atoms with Gasteiger partial charge in [0.05, 0.1) is 30.3 Å². The van der Waals surface area contributed by atoms with Crippen LogP contribution in [0, 0.1) is 0 Å². The van der Waals surface area contributed by atoms with Gasteiger partial charge in [0, 0.05) is 20.6 Å². The fraction of sp³-hybridized carbons (Fsp3) is 0.650. The third-order valence-electron chi connectivity index (χ3n) is 5.72. The molecule has 2 fully saturated rings. The molecule has 168 valence electrons. The van der Waals surface area contributed by atoms with E-state index in [0.717, 1.165) is 24.1 Å². The summed E-state index contributed by atoms with van der Waals surface area (Å²) in [5.41, 5.74) is 4.87. The summed E-state index contributed by atoms with van der Waals surface area (Å²) in [5, 5.41) is 0.436. The number of ether oxygens (including phenoxy) is 2. The number of aromatic nitrogens is 4. The van der Waals surface area contributed by atoms with Gasteiger partial charge in [-0.05, 0) is 32.6 Å². The number of carbonyl (C=O) groups excluding carboxylic acids is 1. The molecule has 1 aliphatic heterocycles. The first kappa shape index (κ1) is 21.7. The summed E-state index contributed by atoms with van der Waals surface area (Å²) in [4.78, 5) is 35.5. The summed E-state index contributed by atoms with van der Waals surface area (Å²) in [6, 6.07) is 0.262. The number of nitrogens with two attached hydrogens (primary N) is 1. The first-order valence-corrected chi connectivity index (χ1v) is 11.4. The van der Waals surface area contributed by atoms with E-state index in [4.69, 9.17) is 15.2 Å². The Morgan fingerprint density at radius 1 is 1.29 bits per heavy atom. The van der Waals surface area contributed by atoms with Gasteiger partial charge in [-0.2, -0.15) is 15.0 Å². The summed E-state index contributed by atoms with van der Waals surface area (Å²) in [6.07, 6.45) is 5.87. The molecule has 0 spiro atoms. The fourth-order valence-electron chi connectivity index (χ4n) is 4.11. The molecule has 1 saturated carbocycles. The van der Waals surface area contributed by atoms with Crippen LogP contribution in [0.15, 0.2) is 6.20 Å².